The number of piperidine rings is 1. The van der Waals surface area contributed by atoms with E-state index in [2.05, 4.69) is 30.9 Å². The molecule has 0 bridgehead atoms. The van der Waals surface area contributed by atoms with E-state index in [4.69, 9.17) is 4.74 Å². The molecule has 0 radical (unpaired) electrons. The third kappa shape index (κ3) is 4.12. The lowest BCUT2D eigenvalue weighted by molar-refractivity contribution is -0.152. The van der Waals surface area contributed by atoms with E-state index in [0.717, 1.165) is 39.0 Å². The number of hydrogen-bond acceptors (Lipinski definition) is 3. The Morgan fingerprint density at radius 2 is 1.96 bits per heavy atom. The second-order valence-electron chi connectivity index (χ2n) is 7.09. The molecule has 4 heteroatoms. The molecule has 1 aromatic rings. The predicted molar refractivity (Wildman–Crippen MR) is 91.0 cm³/mol. The van der Waals surface area contributed by atoms with Crippen molar-refractivity contribution in [3.8, 4) is 0 Å². The normalized spacial score (nSPS) is 23.1. The summed E-state index contributed by atoms with van der Waals surface area (Å²) in [5.41, 5.74) is 1.19. The Kier molecular flexibility index (Phi) is 5.34. The van der Waals surface area contributed by atoms with Crippen LogP contribution in [0.2, 0.25) is 0 Å². The monoisotopic (exact) mass is 316 g/mol. The van der Waals surface area contributed by atoms with E-state index < -0.39 is 0 Å². The summed E-state index contributed by atoms with van der Waals surface area (Å²) < 4.78 is 5.89. The Morgan fingerprint density at radius 3 is 2.65 bits per heavy atom. The summed E-state index contributed by atoms with van der Waals surface area (Å²) in [7, 11) is 0. The van der Waals surface area contributed by atoms with Gasteiger partial charge in [0.05, 0.1) is 18.6 Å². The third-order valence-electron chi connectivity index (χ3n) is 5.02. The van der Waals surface area contributed by atoms with Crippen molar-refractivity contribution in [3.63, 3.8) is 0 Å². The Morgan fingerprint density at radius 1 is 1.22 bits per heavy atom. The van der Waals surface area contributed by atoms with Crippen molar-refractivity contribution in [2.24, 2.45) is 5.92 Å². The fraction of sp³-hybridized carbons (Fsp3) is 0.632. The second-order valence-corrected chi connectivity index (χ2v) is 7.09. The van der Waals surface area contributed by atoms with Crippen LogP contribution in [0.1, 0.15) is 32.3 Å². The number of carbonyl (C=O) groups is 1. The van der Waals surface area contributed by atoms with Gasteiger partial charge in [0.1, 0.15) is 0 Å². The Balaban J connectivity index is 1.41. The van der Waals surface area contributed by atoms with Gasteiger partial charge in [-0.05, 0) is 38.8 Å². The van der Waals surface area contributed by atoms with Crippen molar-refractivity contribution in [3.05, 3.63) is 35.9 Å². The molecule has 2 fully saturated rings. The van der Waals surface area contributed by atoms with E-state index in [1.54, 1.807) is 0 Å². The van der Waals surface area contributed by atoms with Crippen LogP contribution < -0.4 is 0 Å². The molecular weight excluding hydrogens is 288 g/mol. The number of likely N-dealkylation sites (tertiary alicyclic amines) is 2. The highest BCUT2D eigenvalue weighted by Crippen LogP contribution is 2.24. The number of benzene rings is 1. The molecule has 1 atom stereocenters. The van der Waals surface area contributed by atoms with Crippen LogP contribution in [0.4, 0.5) is 0 Å². The van der Waals surface area contributed by atoms with Crippen LogP contribution in [0.5, 0.6) is 0 Å². The number of hydrogen-bond donors (Lipinski definition) is 0. The van der Waals surface area contributed by atoms with Gasteiger partial charge < -0.3 is 14.5 Å². The Labute approximate surface area is 139 Å². The quantitative estimate of drug-likeness (QED) is 0.837. The molecule has 1 unspecified atom stereocenters. The standard InChI is InChI=1S/C19H28N2O2/c1-15(2)20-10-6-9-17(11-20)19(22)21-12-18(13-21)23-14-16-7-4-3-5-8-16/h3-5,7-8,15,17-18H,6,9-14H2,1-2H3. The van der Waals surface area contributed by atoms with E-state index in [1.165, 1.54) is 5.56 Å². The number of nitrogens with zero attached hydrogens (tertiary/aromatic N) is 2. The average Bonchev–Trinajstić information content (AvgIpc) is 2.54. The van der Waals surface area contributed by atoms with Gasteiger partial charge in [0, 0.05) is 25.7 Å². The van der Waals surface area contributed by atoms with Crippen LogP contribution in [0.25, 0.3) is 0 Å². The smallest absolute Gasteiger partial charge is 0.227 e. The van der Waals surface area contributed by atoms with Crippen molar-refractivity contribution >= 4 is 5.91 Å². The van der Waals surface area contributed by atoms with Crippen LogP contribution in [0.15, 0.2) is 30.3 Å². The van der Waals surface area contributed by atoms with Crippen molar-refractivity contribution in [1.29, 1.82) is 0 Å². The SMILES string of the molecule is CC(C)N1CCCC(C(=O)N2CC(OCc3ccccc3)C2)C1. The molecule has 0 N–H and O–H groups in total. The molecule has 126 valence electrons. The van der Waals surface area contributed by atoms with E-state index >= 15 is 0 Å². The van der Waals surface area contributed by atoms with Crippen LogP contribution in [-0.4, -0.2) is 54.0 Å². The third-order valence-corrected chi connectivity index (χ3v) is 5.02. The largest absolute Gasteiger partial charge is 0.370 e. The summed E-state index contributed by atoms with van der Waals surface area (Å²) in [6, 6.07) is 10.7. The molecule has 2 saturated heterocycles. The minimum absolute atomic E-state index is 0.182. The van der Waals surface area contributed by atoms with Gasteiger partial charge in [-0.15, -0.1) is 0 Å². The molecule has 1 aromatic carbocycles. The van der Waals surface area contributed by atoms with Gasteiger partial charge in [-0.3, -0.25) is 4.79 Å². The highest BCUT2D eigenvalue weighted by molar-refractivity contribution is 5.80. The van der Waals surface area contributed by atoms with Gasteiger partial charge >= 0.3 is 0 Å². The molecule has 2 aliphatic rings. The predicted octanol–water partition coefficient (Wildman–Crippen LogP) is 2.53. The van der Waals surface area contributed by atoms with Crippen molar-refractivity contribution in [1.82, 2.24) is 9.80 Å². The van der Waals surface area contributed by atoms with E-state index in [9.17, 15) is 4.79 Å². The lowest BCUT2D eigenvalue weighted by atomic mass is 9.94. The first-order valence-corrected chi connectivity index (χ1v) is 8.82. The second kappa shape index (κ2) is 7.45. The van der Waals surface area contributed by atoms with E-state index in [1.807, 2.05) is 23.1 Å². The lowest BCUT2D eigenvalue weighted by Crippen LogP contribution is -2.58. The molecule has 0 aliphatic carbocycles. The molecule has 1 amide bonds. The number of rotatable bonds is 5. The Bertz CT molecular complexity index is 511. The van der Waals surface area contributed by atoms with Gasteiger partial charge in [-0.25, -0.2) is 0 Å². The summed E-state index contributed by atoms with van der Waals surface area (Å²) in [6.07, 6.45) is 2.37. The fourth-order valence-corrected chi connectivity index (χ4v) is 3.45. The zero-order chi connectivity index (χ0) is 16.2. The highest BCUT2D eigenvalue weighted by atomic mass is 16.5. The Hall–Kier alpha value is -1.39. The maximum Gasteiger partial charge on any atom is 0.227 e. The zero-order valence-electron chi connectivity index (χ0n) is 14.3. The maximum absolute atomic E-state index is 12.6. The summed E-state index contributed by atoms with van der Waals surface area (Å²) in [6.45, 7) is 8.62. The maximum atomic E-state index is 12.6. The zero-order valence-corrected chi connectivity index (χ0v) is 14.3. The summed E-state index contributed by atoms with van der Waals surface area (Å²) in [5.74, 6) is 0.510. The van der Waals surface area contributed by atoms with Gasteiger partial charge in [0.15, 0.2) is 0 Å². The van der Waals surface area contributed by atoms with Gasteiger partial charge in [0.25, 0.3) is 0 Å². The molecule has 23 heavy (non-hydrogen) atoms. The molecular formula is C19H28N2O2. The van der Waals surface area contributed by atoms with Gasteiger partial charge in [0.2, 0.25) is 5.91 Å². The minimum atomic E-state index is 0.182. The first-order valence-electron chi connectivity index (χ1n) is 8.82. The molecule has 2 heterocycles. The van der Waals surface area contributed by atoms with Gasteiger partial charge in [-0.1, -0.05) is 30.3 Å². The fourth-order valence-electron chi connectivity index (χ4n) is 3.45. The van der Waals surface area contributed by atoms with Crippen molar-refractivity contribution in [2.75, 3.05) is 26.2 Å². The van der Waals surface area contributed by atoms with Crippen molar-refractivity contribution < 1.29 is 9.53 Å². The molecule has 0 spiro atoms. The van der Waals surface area contributed by atoms with Crippen LogP contribution >= 0.6 is 0 Å². The molecule has 3 rings (SSSR count). The lowest BCUT2D eigenvalue weighted by Gasteiger charge is -2.43. The van der Waals surface area contributed by atoms with Crippen LogP contribution in [-0.2, 0) is 16.1 Å². The van der Waals surface area contributed by atoms with E-state index in [-0.39, 0.29) is 12.0 Å². The van der Waals surface area contributed by atoms with E-state index in [0.29, 0.717) is 18.6 Å². The highest BCUT2D eigenvalue weighted by Gasteiger charge is 2.36. The number of amides is 1. The molecule has 0 aromatic heterocycles. The summed E-state index contributed by atoms with van der Waals surface area (Å²) >= 11 is 0. The average molecular weight is 316 g/mol. The topological polar surface area (TPSA) is 32.8 Å². The summed E-state index contributed by atoms with van der Waals surface area (Å²) in [4.78, 5) is 17.0. The first-order chi connectivity index (χ1) is 11.1. The number of ether oxygens (including phenoxy) is 1. The molecule has 2 aliphatic heterocycles. The number of carbonyl (C=O) groups excluding carboxylic acids is 1. The summed E-state index contributed by atoms with van der Waals surface area (Å²) in [5, 5.41) is 0. The van der Waals surface area contributed by atoms with Crippen LogP contribution in [0, 0.1) is 5.92 Å². The van der Waals surface area contributed by atoms with Crippen molar-refractivity contribution in [2.45, 2.75) is 45.4 Å². The minimum Gasteiger partial charge on any atom is -0.370 e. The van der Waals surface area contributed by atoms with Gasteiger partial charge in [-0.2, -0.15) is 0 Å². The molecule has 0 saturated carbocycles. The van der Waals surface area contributed by atoms with Crippen LogP contribution in [0.3, 0.4) is 0 Å². The molecule has 4 nitrogen and oxygen atoms in total. The first kappa shape index (κ1) is 16.5.